The number of pyridine rings is 1. The van der Waals surface area contributed by atoms with Gasteiger partial charge in [-0.15, -0.1) is 0 Å². The summed E-state index contributed by atoms with van der Waals surface area (Å²) in [5.74, 6) is 0. The van der Waals surface area contributed by atoms with Gasteiger partial charge in [0.25, 0.3) is 0 Å². The molecule has 0 aromatic carbocycles. The van der Waals surface area contributed by atoms with Gasteiger partial charge in [-0.3, -0.25) is 4.98 Å². The molecule has 0 radical (unpaired) electrons. The van der Waals surface area contributed by atoms with Gasteiger partial charge in [0.1, 0.15) is 6.10 Å². The largest absolute Gasteiger partial charge is 0.370 e. The van der Waals surface area contributed by atoms with Crippen LogP contribution < -0.4 is 5.73 Å². The predicted molar refractivity (Wildman–Crippen MR) is 80.0 cm³/mol. The lowest BCUT2D eigenvalue weighted by Crippen LogP contribution is -2.28. The van der Waals surface area contributed by atoms with Crippen LogP contribution in [-0.2, 0) is 4.74 Å². The van der Waals surface area contributed by atoms with Gasteiger partial charge in [0, 0.05) is 18.8 Å². The van der Waals surface area contributed by atoms with Crippen LogP contribution in [0.1, 0.15) is 64.2 Å². The maximum atomic E-state index is 5.98. The van der Waals surface area contributed by atoms with Gasteiger partial charge < -0.3 is 10.5 Å². The molecule has 2 N–H and O–H groups in total. The Morgan fingerprint density at radius 1 is 1.16 bits per heavy atom. The molecule has 0 bridgehead atoms. The molecule has 0 aliphatic rings. The lowest BCUT2D eigenvalue weighted by molar-refractivity contribution is 0.0330. The minimum Gasteiger partial charge on any atom is -0.370 e. The van der Waals surface area contributed by atoms with Crippen LogP contribution in [0.2, 0.25) is 0 Å². The van der Waals surface area contributed by atoms with E-state index >= 15 is 0 Å². The summed E-state index contributed by atoms with van der Waals surface area (Å²) in [6.45, 7) is 4.98. The van der Waals surface area contributed by atoms with E-state index in [-0.39, 0.29) is 12.1 Å². The molecule has 2 unspecified atom stereocenters. The summed E-state index contributed by atoms with van der Waals surface area (Å²) in [5.41, 5.74) is 6.92. The number of hydrogen-bond acceptors (Lipinski definition) is 3. The molecule has 3 nitrogen and oxygen atoms in total. The van der Waals surface area contributed by atoms with Crippen LogP contribution in [0, 0.1) is 0 Å². The molecule has 0 saturated heterocycles. The number of rotatable bonds is 10. The molecular formula is C16H28N2O. The van der Waals surface area contributed by atoms with Crippen molar-refractivity contribution in [3.05, 3.63) is 30.1 Å². The minimum atomic E-state index is -0.0863. The van der Waals surface area contributed by atoms with E-state index in [1.54, 1.807) is 6.20 Å². The topological polar surface area (TPSA) is 48.1 Å². The van der Waals surface area contributed by atoms with E-state index in [1.165, 1.54) is 32.1 Å². The van der Waals surface area contributed by atoms with Crippen LogP contribution in [-0.4, -0.2) is 17.6 Å². The Morgan fingerprint density at radius 3 is 2.53 bits per heavy atom. The van der Waals surface area contributed by atoms with Gasteiger partial charge in [-0.05, 0) is 25.5 Å². The van der Waals surface area contributed by atoms with Crippen molar-refractivity contribution < 1.29 is 4.74 Å². The predicted octanol–water partition coefficient (Wildman–Crippen LogP) is 3.85. The van der Waals surface area contributed by atoms with E-state index in [2.05, 4.69) is 11.9 Å². The monoisotopic (exact) mass is 264 g/mol. The molecule has 0 saturated carbocycles. The summed E-state index contributed by atoms with van der Waals surface area (Å²) in [7, 11) is 0. The Labute approximate surface area is 117 Å². The van der Waals surface area contributed by atoms with Gasteiger partial charge >= 0.3 is 0 Å². The van der Waals surface area contributed by atoms with Gasteiger partial charge in [-0.1, -0.05) is 45.1 Å². The average molecular weight is 264 g/mol. The SMILES string of the molecule is CCCCCCCCOC(c1ccccn1)C(C)N. The van der Waals surface area contributed by atoms with E-state index in [9.17, 15) is 0 Å². The van der Waals surface area contributed by atoms with Gasteiger partial charge in [0.2, 0.25) is 0 Å². The first kappa shape index (κ1) is 16.1. The Balaban J connectivity index is 2.24. The zero-order valence-corrected chi connectivity index (χ0v) is 12.3. The Kier molecular flexibility index (Phi) is 8.43. The number of nitrogens with zero attached hydrogens (tertiary/aromatic N) is 1. The molecular weight excluding hydrogens is 236 g/mol. The zero-order valence-electron chi connectivity index (χ0n) is 12.3. The second-order valence-corrected chi connectivity index (χ2v) is 5.17. The summed E-state index contributed by atoms with van der Waals surface area (Å²) < 4.78 is 5.91. The highest BCUT2D eigenvalue weighted by molar-refractivity contribution is 5.08. The first-order valence-corrected chi connectivity index (χ1v) is 7.53. The van der Waals surface area contributed by atoms with Crippen molar-refractivity contribution >= 4 is 0 Å². The molecule has 0 aliphatic carbocycles. The third-order valence-corrected chi connectivity index (χ3v) is 3.25. The van der Waals surface area contributed by atoms with Crippen molar-refractivity contribution in [2.45, 2.75) is 64.5 Å². The number of ether oxygens (including phenoxy) is 1. The second-order valence-electron chi connectivity index (χ2n) is 5.17. The number of aromatic nitrogens is 1. The number of nitrogens with two attached hydrogens (primary N) is 1. The van der Waals surface area contributed by atoms with E-state index < -0.39 is 0 Å². The van der Waals surface area contributed by atoms with E-state index in [0.29, 0.717) is 0 Å². The molecule has 1 rings (SSSR count). The van der Waals surface area contributed by atoms with E-state index in [4.69, 9.17) is 10.5 Å². The minimum absolute atomic E-state index is 0.0324. The Hall–Kier alpha value is -0.930. The lowest BCUT2D eigenvalue weighted by atomic mass is 10.1. The maximum Gasteiger partial charge on any atom is 0.114 e. The summed E-state index contributed by atoms with van der Waals surface area (Å²) in [4.78, 5) is 4.33. The molecule has 3 heteroatoms. The standard InChI is InChI=1S/C16H28N2O/c1-3-4-5-6-7-10-13-19-16(14(2)17)15-11-8-9-12-18-15/h8-9,11-12,14,16H,3-7,10,13,17H2,1-2H3. The normalized spacial score (nSPS) is 14.3. The van der Waals surface area contributed by atoms with Crippen LogP contribution in [0.25, 0.3) is 0 Å². The van der Waals surface area contributed by atoms with Crippen LogP contribution in [0.3, 0.4) is 0 Å². The quantitative estimate of drug-likeness (QED) is 0.653. The van der Waals surface area contributed by atoms with Crippen LogP contribution in [0.15, 0.2) is 24.4 Å². The maximum absolute atomic E-state index is 5.98. The molecule has 2 atom stereocenters. The highest BCUT2D eigenvalue weighted by Gasteiger charge is 2.17. The molecule has 1 aromatic heterocycles. The highest BCUT2D eigenvalue weighted by atomic mass is 16.5. The Morgan fingerprint density at radius 2 is 1.89 bits per heavy atom. The van der Waals surface area contributed by atoms with Gasteiger partial charge in [-0.2, -0.15) is 0 Å². The average Bonchev–Trinajstić information content (AvgIpc) is 2.42. The zero-order chi connectivity index (χ0) is 13.9. The molecule has 1 heterocycles. The molecule has 0 aliphatic heterocycles. The fourth-order valence-corrected chi connectivity index (χ4v) is 2.14. The summed E-state index contributed by atoms with van der Waals surface area (Å²) in [6, 6.07) is 5.84. The molecule has 0 spiro atoms. The van der Waals surface area contributed by atoms with Crippen molar-refractivity contribution in [2.75, 3.05) is 6.61 Å². The van der Waals surface area contributed by atoms with Crippen molar-refractivity contribution in [3.8, 4) is 0 Å². The second kappa shape index (κ2) is 9.93. The fourth-order valence-electron chi connectivity index (χ4n) is 2.14. The van der Waals surface area contributed by atoms with Crippen molar-refractivity contribution in [1.29, 1.82) is 0 Å². The third-order valence-electron chi connectivity index (χ3n) is 3.25. The molecule has 1 aromatic rings. The smallest absolute Gasteiger partial charge is 0.114 e. The molecule has 19 heavy (non-hydrogen) atoms. The van der Waals surface area contributed by atoms with Gasteiger partial charge in [0.05, 0.1) is 5.69 Å². The van der Waals surface area contributed by atoms with E-state index in [0.717, 1.165) is 18.7 Å². The molecule has 108 valence electrons. The number of unbranched alkanes of at least 4 members (excludes halogenated alkanes) is 5. The van der Waals surface area contributed by atoms with Crippen molar-refractivity contribution in [1.82, 2.24) is 4.98 Å². The lowest BCUT2D eigenvalue weighted by Gasteiger charge is -2.20. The van der Waals surface area contributed by atoms with Gasteiger partial charge in [0.15, 0.2) is 0 Å². The third kappa shape index (κ3) is 6.69. The van der Waals surface area contributed by atoms with E-state index in [1.807, 2.05) is 25.1 Å². The Bertz CT molecular complexity index is 314. The number of hydrogen-bond donors (Lipinski definition) is 1. The van der Waals surface area contributed by atoms with Crippen molar-refractivity contribution in [2.24, 2.45) is 5.73 Å². The highest BCUT2D eigenvalue weighted by Crippen LogP contribution is 2.18. The first-order valence-electron chi connectivity index (χ1n) is 7.53. The summed E-state index contributed by atoms with van der Waals surface area (Å²) in [5, 5.41) is 0. The molecule has 0 amide bonds. The van der Waals surface area contributed by atoms with Crippen LogP contribution in [0.4, 0.5) is 0 Å². The van der Waals surface area contributed by atoms with Gasteiger partial charge in [-0.25, -0.2) is 0 Å². The summed E-state index contributed by atoms with van der Waals surface area (Å²) >= 11 is 0. The van der Waals surface area contributed by atoms with Crippen LogP contribution in [0.5, 0.6) is 0 Å². The first-order chi connectivity index (χ1) is 9.25. The molecule has 0 fully saturated rings. The summed E-state index contributed by atoms with van der Waals surface area (Å²) in [6.07, 6.45) is 9.35. The fraction of sp³-hybridized carbons (Fsp3) is 0.688. The van der Waals surface area contributed by atoms with Crippen LogP contribution >= 0.6 is 0 Å². The van der Waals surface area contributed by atoms with Crippen molar-refractivity contribution in [3.63, 3.8) is 0 Å².